The van der Waals surface area contributed by atoms with Crippen LogP contribution in [0.1, 0.15) is 17.3 Å². The second-order valence-electron chi connectivity index (χ2n) is 4.28. The van der Waals surface area contributed by atoms with Crippen LogP contribution in [-0.4, -0.2) is 45.3 Å². The van der Waals surface area contributed by atoms with E-state index in [4.69, 9.17) is 24.7 Å². The van der Waals surface area contributed by atoms with Gasteiger partial charge in [-0.05, 0) is 19.1 Å². The fraction of sp³-hybridized carbons (Fsp3) is 0.357. The number of carbonyl (C=O) groups is 3. The van der Waals surface area contributed by atoms with E-state index in [-0.39, 0.29) is 17.1 Å². The van der Waals surface area contributed by atoms with Gasteiger partial charge in [0, 0.05) is 0 Å². The maximum absolute atomic E-state index is 12.2. The Morgan fingerprint density at radius 2 is 1.65 bits per heavy atom. The fourth-order valence-corrected chi connectivity index (χ4v) is 1.76. The van der Waals surface area contributed by atoms with Gasteiger partial charge in [-0.25, -0.2) is 9.59 Å². The number of methoxy groups -OCH3 is 3. The second-order valence-corrected chi connectivity index (χ2v) is 4.28. The lowest BCUT2D eigenvalue weighted by molar-refractivity contribution is -0.127. The Morgan fingerprint density at radius 3 is 2.13 bits per heavy atom. The van der Waals surface area contributed by atoms with Crippen molar-refractivity contribution in [1.82, 2.24) is 5.32 Å². The molecule has 3 amide bonds. The molecule has 0 aliphatic heterocycles. The van der Waals surface area contributed by atoms with E-state index in [1.165, 1.54) is 40.4 Å². The molecule has 0 spiro atoms. The Balaban J connectivity index is 3.04. The molecule has 23 heavy (non-hydrogen) atoms. The van der Waals surface area contributed by atoms with E-state index in [1.807, 2.05) is 5.32 Å². The minimum Gasteiger partial charge on any atom is -0.493 e. The molecule has 0 heterocycles. The van der Waals surface area contributed by atoms with Gasteiger partial charge in [0.1, 0.15) is 5.56 Å². The summed E-state index contributed by atoms with van der Waals surface area (Å²) in [6.45, 7) is 1.30. The summed E-state index contributed by atoms with van der Waals surface area (Å²) in [5, 5.41) is 1.82. The van der Waals surface area contributed by atoms with Crippen LogP contribution in [0.15, 0.2) is 12.1 Å². The summed E-state index contributed by atoms with van der Waals surface area (Å²) in [6.07, 6.45) is -1.23. The molecule has 0 saturated heterocycles. The minimum atomic E-state index is -1.23. The number of ether oxygens (including phenoxy) is 4. The molecule has 1 aromatic rings. The lowest BCUT2D eigenvalue weighted by Gasteiger charge is -2.16. The predicted octanol–water partition coefficient (Wildman–Crippen LogP) is 0.453. The Kier molecular flexibility index (Phi) is 6.19. The van der Waals surface area contributed by atoms with Crippen molar-refractivity contribution in [3.05, 3.63) is 17.7 Å². The lowest BCUT2D eigenvalue weighted by Crippen LogP contribution is -2.42. The number of esters is 1. The third kappa shape index (κ3) is 4.25. The van der Waals surface area contributed by atoms with E-state index in [0.717, 1.165) is 0 Å². The molecule has 0 radical (unpaired) electrons. The molecule has 1 rings (SSSR count). The summed E-state index contributed by atoms with van der Waals surface area (Å²) < 4.78 is 20.4. The van der Waals surface area contributed by atoms with Crippen molar-refractivity contribution < 1.29 is 33.3 Å². The van der Waals surface area contributed by atoms with Crippen LogP contribution in [0.25, 0.3) is 0 Å². The van der Waals surface area contributed by atoms with Gasteiger partial charge >= 0.3 is 12.0 Å². The van der Waals surface area contributed by atoms with Crippen molar-refractivity contribution in [3.8, 4) is 17.2 Å². The Hall–Kier alpha value is -2.97. The molecule has 1 aromatic carbocycles. The molecule has 126 valence electrons. The number of benzene rings is 1. The second kappa shape index (κ2) is 7.87. The quantitative estimate of drug-likeness (QED) is 0.727. The topological polar surface area (TPSA) is 126 Å². The van der Waals surface area contributed by atoms with Crippen LogP contribution in [0.4, 0.5) is 4.79 Å². The summed E-state index contributed by atoms with van der Waals surface area (Å²) in [7, 11) is 4.17. The molecular weight excluding hydrogens is 308 g/mol. The Bertz CT molecular complexity index is 615. The van der Waals surface area contributed by atoms with E-state index in [0.29, 0.717) is 5.75 Å². The van der Waals surface area contributed by atoms with Gasteiger partial charge in [-0.3, -0.25) is 10.1 Å². The number of imide groups is 1. The monoisotopic (exact) mass is 326 g/mol. The van der Waals surface area contributed by atoms with Crippen molar-refractivity contribution in [2.45, 2.75) is 13.0 Å². The van der Waals surface area contributed by atoms with Gasteiger partial charge in [0.15, 0.2) is 17.6 Å². The number of nitrogens with two attached hydrogens (primary N) is 1. The highest BCUT2D eigenvalue weighted by Crippen LogP contribution is 2.40. The highest BCUT2D eigenvalue weighted by atomic mass is 16.6. The standard InChI is InChI=1S/C14H18N2O7/c1-7(12(17)16-14(15)19)23-13(18)8-5-6-9(20-2)11(22-4)10(8)21-3/h5-7H,1-4H3,(H3,15,16,17,19)/t7-/m1/s1. The van der Waals surface area contributed by atoms with Crippen molar-refractivity contribution in [2.75, 3.05) is 21.3 Å². The Labute approximate surface area is 132 Å². The van der Waals surface area contributed by atoms with Crippen LogP contribution in [0.2, 0.25) is 0 Å². The lowest BCUT2D eigenvalue weighted by atomic mass is 10.1. The highest BCUT2D eigenvalue weighted by molar-refractivity contribution is 5.99. The van der Waals surface area contributed by atoms with E-state index < -0.39 is 24.0 Å². The third-order valence-corrected chi connectivity index (χ3v) is 2.82. The smallest absolute Gasteiger partial charge is 0.342 e. The first-order valence-corrected chi connectivity index (χ1v) is 6.45. The summed E-state index contributed by atoms with van der Waals surface area (Å²) in [5.74, 6) is -1.02. The molecule has 0 aromatic heterocycles. The molecule has 0 aliphatic rings. The van der Waals surface area contributed by atoms with Crippen molar-refractivity contribution >= 4 is 17.9 Å². The SMILES string of the molecule is COc1ccc(C(=O)O[C@H](C)C(=O)NC(N)=O)c(OC)c1OC. The molecule has 0 saturated carbocycles. The molecule has 0 fully saturated rings. The summed E-state index contributed by atoms with van der Waals surface area (Å²) in [5.41, 5.74) is 4.86. The van der Waals surface area contributed by atoms with Gasteiger partial charge in [-0.15, -0.1) is 0 Å². The maximum Gasteiger partial charge on any atom is 0.342 e. The number of nitrogens with one attached hydrogen (secondary N) is 1. The number of urea groups is 1. The molecule has 3 N–H and O–H groups in total. The highest BCUT2D eigenvalue weighted by Gasteiger charge is 2.25. The van der Waals surface area contributed by atoms with Gasteiger partial charge in [0.25, 0.3) is 5.91 Å². The Morgan fingerprint density at radius 1 is 1.04 bits per heavy atom. The first-order valence-electron chi connectivity index (χ1n) is 6.45. The van der Waals surface area contributed by atoms with Crippen LogP contribution >= 0.6 is 0 Å². The van der Waals surface area contributed by atoms with Crippen LogP contribution in [0.3, 0.4) is 0 Å². The predicted molar refractivity (Wildman–Crippen MR) is 78.7 cm³/mol. The zero-order valence-electron chi connectivity index (χ0n) is 13.2. The van der Waals surface area contributed by atoms with E-state index in [2.05, 4.69) is 0 Å². The van der Waals surface area contributed by atoms with Gasteiger partial charge in [0.2, 0.25) is 5.75 Å². The number of hydrogen-bond acceptors (Lipinski definition) is 7. The molecule has 9 heteroatoms. The summed E-state index contributed by atoms with van der Waals surface area (Å²) in [4.78, 5) is 34.4. The van der Waals surface area contributed by atoms with Crippen LogP contribution < -0.4 is 25.3 Å². The zero-order valence-corrected chi connectivity index (χ0v) is 13.2. The van der Waals surface area contributed by atoms with Crippen molar-refractivity contribution in [1.29, 1.82) is 0 Å². The summed E-state index contributed by atoms with van der Waals surface area (Å²) in [6, 6.07) is 1.86. The van der Waals surface area contributed by atoms with Gasteiger partial charge in [0.05, 0.1) is 21.3 Å². The van der Waals surface area contributed by atoms with Gasteiger partial charge < -0.3 is 24.7 Å². The number of carbonyl (C=O) groups excluding carboxylic acids is 3. The van der Waals surface area contributed by atoms with E-state index >= 15 is 0 Å². The average molecular weight is 326 g/mol. The minimum absolute atomic E-state index is 0.0314. The molecule has 9 nitrogen and oxygen atoms in total. The maximum atomic E-state index is 12.2. The normalized spacial score (nSPS) is 11.1. The van der Waals surface area contributed by atoms with Gasteiger partial charge in [-0.2, -0.15) is 0 Å². The largest absolute Gasteiger partial charge is 0.493 e. The molecule has 0 bridgehead atoms. The number of primary amides is 1. The van der Waals surface area contributed by atoms with Gasteiger partial charge in [-0.1, -0.05) is 0 Å². The molecule has 0 unspecified atom stereocenters. The van der Waals surface area contributed by atoms with E-state index in [1.54, 1.807) is 0 Å². The number of rotatable bonds is 6. The van der Waals surface area contributed by atoms with Crippen molar-refractivity contribution in [2.24, 2.45) is 5.73 Å². The van der Waals surface area contributed by atoms with Crippen molar-refractivity contribution in [3.63, 3.8) is 0 Å². The number of amides is 3. The van der Waals surface area contributed by atoms with Crippen LogP contribution in [0.5, 0.6) is 17.2 Å². The average Bonchev–Trinajstić information content (AvgIpc) is 2.52. The first-order chi connectivity index (χ1) is 10.8. The van der Waals surface area contributed by atoms with Crippen LogP contribution in [0, 0.1) is 0 Å². The van der Waals surface area contributed by atoms with Crippen LogP contribution in [-0.2, 0) is 9.53 Å². The zero-order chi connectivity index (χ0) is 17.6. The molecule has 0 aliphatic carbocycles. The third-order valence-electron chi connectivity index (χ3n) is 2.82. The first kappa shape index (κ1) is 18.1. The number of hydrogen-bond donors (Lipinski definition) is 2. The molecule has 1 atom stereocenters. The molecular formula is C14H18N2O7. The summed E-state index contributed by atoms with van der Waals surface area (Å²) >= 11 is 0. The van der Waals surface area contributed by atoms with E-state index in [9.17, 15) is 14.4 Å². The fourth-order valence-electron chi connectivity index (χ4n) is 1.76.